The van der Waals surface area contributed by atoms with E-state index in [4.69, 9.17) is 14.2 Å². The fourth-order valence-electron chi connectivity index (χ4n) is 3.46. The molecule has 33 heavy (non-hydrogen) atoms. The normalized spacial score (nSPS) is 16.0. The lowest BCUT2D eigenvalue weighted by Gasteiger charge is -2.23. The van der Waals surface area contributed by atoms with Gasteiger partial charge in [-0.25, -0.2) is 13.3 Å². The number of esters is 1. The minimum Gasteiger partial charge on any atom is -0.486 e. The van der Waals surface area contributed by atoms with Gasteiger partial charge in [0, 0.05) is 6.07 Å². The summed E-state index contributed by atoms with van der Waals surface area (Å²) in [5.41, 5.74) is 0.441. The van der Waals surface area contributed by atoms with Gasteiger partial charge in [0.15, 0.2) is 18.2 Å². The Morgan fingerprint density at radius 2 is 1.64 bits per heavy atom. The molecular weight excluding hydrogens is 452 g/mol. The summed E-state index contributed by atoms with van der Waals surface area (Å²) in [6.45, 7) is 3.31. The molecule has 0 fully saturated rings. The Morgan fingerprint density at radius 3 is 2.24 bits per heavy atom. The van der Waals surface area contributed by atoms with Crippen LogP contribution in [0.2, 0.25) is 0 Å². The maximum atomic E-state index is 12.9. The highest BCUT2D eigenvalue weighted by Gasteiger charge is 2.37. The van der Waals surface area contributed by atoms with Crippen LogP contribution in [0.1, 0.15) is 34.6 Å². The Balaban J connectivity index is 1.46. The molecule has 10 nitrogen and oxygen atoms in total. The number of carbonyl (C=O) groups excluding carboxylic acids is 3. The molecule has 0 saturated carbocycles. The number of benzene rings is 2. The van der Waals surface area contributed by atoms with E-state index in [1.165, 1.54) is 30.3 Å². The SMILES string of the molecule is CC(C)[C@@H](NS(=O)(=O)c1ccc2c(c1)OCCO2)C(=O)OCN1C(=O)c2ccccc2C1=O. The Morgan fingerprint density at radius 1 is 1.03 bits per heavy atom. The van der Waals surface area contributed by atoms with Crippen molar-refractivity contribution < 1.29 is 37.0 Å². The van der Waals surface area contributed by atoms with Crippen molar-refractivity contribution in [3.8, 4) is 11.5 Å². The topological polar surface area (TPSA) is 128 Å². The van der Waals surface area contributed by atoms with Crippen LogP contribution in [-0.4, -0.2) is 57.1 Å². The molecule has 1 N–H and O–H groups in total. The Kier molecular flexibility index (Phi) is 6.09. The summed E-state index contributed by atoms with van der Waals surface area (Å²) < 4.78 is 44.2. The second kappa shape index (κ2) is 8.83. The van der Waals surface area contributed by atoms with Crippen molar-refractivity contribution in [2.75, 3.05) is 19.9 Å². The maximum Gasteiger partial charge on any atom is 0.326 e. The predicted molar refractivity (Wildman–Crippen MR) is 114 cm³/mol. The molecule has 2 aliphatic rings. The monoisotopic (exact) mass is 474 g/mol. The summed E-state index contributed by atoms with van der Waals surface area (Å²) in [6.07, 6.45) is 0. The van der Waals surface area contributed by atoms with Gasteiger partial charge in [0.25, 0.3) is 11.8 Å². The van der Waals surface area contributed by atoms with Gasteiger partial charge in [-0.2, -0.15) is 4.72 Å². The van der Waals surface area contributed by atoms with E-state index >= 15 is 0 Å². The van der Waals surface area contributed by atoms with Crippen LogP contribution in [0.5, 0.6) is 11.5 Å². The first kappa shape index (κ1) is 22.7. The lowest BCUT2D eigenvalue weighted by atomic mass is 10.1. The van der Waals surface area contributed by atoms with Gasteiger partial charge in [-0.3, -0.25) is 14.4 Å². The minimum absolute atomic E-state index is 0.106. The summed E-state index contributed by atoms with van der Waals surface area (Å²) in [5, 5.41) is 0. The molecule has 2 aromatic rings. The van der Waals surface area contributed by atoms with Crippen LogP contribution in [0, 0.1) is 5.92 Å². The van der Waals surface area contributed by atoms with Gasteiger partial charge in [-0.15, -0.1) is 0 Å². The number of rotatable bonds is 7. The van der Waals surface area contributed by atoms with Gasteiger partial charge < -0.3 is 14.2 Å². The van der Waals surface area contributed by atoms with Gasteiger partial charge in [-0.1, -0.05) is 26.0 Å². The highest BCUT2D eigenvalue weighted by molar-refractivity contribution is 7.89. The zero-order valence-corrected chi connectivity index (χ0v) is 18.8. The van der Waals surface area contributed by atoms with Gasteiger partial charge in [-0.05, 0) is 30.2 Å². The third kappa shape index (κ3) is 4.41. The molecule has 2 amide bonds. The van der Waals surface area contributed by atoms with Crippen molar-refractivity contribution in [3.63, 3.8) is 0 Å². The number of nitrogens with one attached hydrogen (secondary N) is 1. The number of carbonyl (C=O) groups is 3. The molecule has 0 saturated heterocycles. The van der Waals surface area contributed by atoms with Crippen LogP contribution in [0.25, 0.3) is 0 Å². The zero-order chi connectivity index (χ0) is 23.8. The van der Waals surface area contributed by atoms with E-state index in [-0.39, 0.29) is 16.0 Å². The molecule has 2 heterocycles. The van der Waals surface area contributed by atoms with Crippen molar-refractivity contribution in [1.82, 2.24) is 9.62 Å². The van der Waals surface area contributed by atoms with E-state index in [0.29, 0.717) is 24.7 Å². The molecule has 0 radical (unpaired) electrons. The summed E-state index contributed by atoms with van der Waals surface area (Å²) >= 11 is 0. The molecule has 0 unspecified atom stereocenters. The quantitative estimate of drug-likeness (QED) is 0.473. The van der Waals surface area contributed by atoms with E-state index < -0.39 is 46.5 Å². The fourth-order valence-corrected chi connectivity index (χ4v) is 4.80. The average molecular weight is 474 g/mol. The van der Waals surface area contributed by atoms with Crippen LogP contribution >= 0.6 is 0 Å². The summed E-state index contributed by atoms with van der Waals surface area (Å²) in [6, 6.07) is 9.16. The van der Waals surface area contributed by atoms with E-state index in [2.05, 4.69) is 4.72 Å². The molecule has 174 valence electrons. The number of ether oxygens (including phenoxy) is 3. The van der Waals surface area contributed by atoms with E-state index in [1.807, 2.05) is 0 Å². The van der Waals surface area contributed by atoms with Crippen molar-refractivity contribution in [3.05, 3.63) is 53.6 Å². The first-order valence-electron chi connectivity index (χ1n) is 10.2. The Labute approximate surface area is 190 Å². The molecule has 0 spiro atoms. The van der Waals surface area contributed by atoms with Crippen molar-refractivity contribution in [1.29, 1.82) is 0 Å². The highest BCUT2D eigenvalue weighted by Crippen LogP contribution is 2.32. The molecule has 1 atom stereocenters. The largest absolute Gasteiger partial charge is 0.486 e. The van der Waals surface area contributed by atoms with Gasteiger partial charge in [0.1, 0.15) is 19.3 Å². The Bertz CT molecular complexity index is 1190. The van der Waals surface area contributed by atoms with Crippen molar-refractivity contribution >= 4 is 27.8 Å². The number of nitrogens with zero attached hydrogens (tertiary/aromatic N) is 1. The number of imide groups is 1. The van der Waals surface area contributed by atoms with Crippen molar-refractivity contribution in [2.45, 2.75) is 24.8 Å². The summed E-state index contributed by atoms with van der Waals surface area (Å²) in [7, 11) is -4.12. The number of hydrogen-bond donors (Lipinski definition) is 1. The van der Waals surface area contributed by atoms with Crippen molar-refractivity contribution in [2.24, 2.45) is 5.92 Å². The number of fused-ring (bicyclic) bond motifs is 2. The van der Waals surface area contributed by atoms with Gasteiger partial charge >= 0.3 is 5.97 Å². The van der Waals surface area contributed by atoms with Gasteiger partial charge in [0.2, 0.25) is 10.0 Å². The molecule has 4 rings (SSSR count). The molecule has 0 bridgehead atoms. The lowest BCUT2D eigenvalue weighted by molar-refractivity contribution is -0.149. The zero-order valence-electron chi connectivity index (χ0n) is 17.9. The molecule has 11 heteroatoms. The smallest absolute Gasteiger partial charge is 0.326 e. The molecule has 0 aromatic heterocycles. The standard InChI is InChI=1S/C22H22N2O8S/c1-13(2)19(23-33(28,29)14-7-8-17-18(11-14)31-10-9-30-17)22(27)32-12-24-20(25)15-5-3-4-6-16(15)21(24)26/h3-8,11,13,19,23H,9-10,12H2,1-2H3/t19-/m1/s1. The van der Waals surface area contributed by atoms with Crippen LogP contribution in [-0.2, 0) is 19.6 Å². The Hall–Kier alpha value is -3.44. The number of sulfonamides is 1. The predicted octanol–water partition coefficient (Wildman–Crippen LogP) is 1.56. The number of hydrogen-bond acceptors (Lipinski definition) is 8. The highest BCUT2D eigenvalue weighted by atomic mass is 32.2. The third-order valence-electron chi connectivity index (χ3n) is 5.24. The average Bonchev–Trinajstić information content (AvgIpc) is 3.05. The van der Waals surface area contributed by atoms with E-state index in [9.17, 15) is 22.8 Å². The third-order valence-corrected chi connectivity index (χ3v) is 6.68. The van der Waals surface area contributed by atoms with Gasteiger partial charge in [0.05, 0.1) is 16.0 Å². The summed E-state index contributed by atoms with van der Waals surface area (Å²) in [4.78, 5) is 38.3. The second-order valence-corrected chi connectivity index (χ2v) is 9.54. The van der Waals surface area contributed by atoms with Crippen LogP contribution in [0.3, 0.4) is 0 Å². The lowest BCUT2D eigenvalue weighted by Crippen LogP contribution is -2.46. The minimum atomic E-state index is -4.12. The maximum absolute atomic E-state index is 12.9. The molecule has 2 aliphatic heterocycles. The molecule has 0 aliphatic carbocycles. The fraction of sp³-hybridized carbons (Fsp3) is 0.318. The molecular formula is C22H22N2O8S. The first-order valence-corrected chi connectivity index (χ1v) is 11.7. The molecule has 2 aromatic carbocycles. The van der Waals surface area contributed by atoms with Crippen LogP contribution < -0.4 is 14.2 Å². The second-order valence-electron chi connectivity index (χ2n) is 7.82. The number of amides is 2. The van der Waals surface area contributed by atoms with Crippen LogP contribution in [0.15, 0.2) is 47.4 Å². The van der Waals surface area contributed by atoms with Crippen LogP contribution in [0.4, 0.5) is 0 Å². The summed E-state index contributed by atoms with van der Waals surface area (Å²) in [5.74, 6) is -1.84. The van der Waals surface area contributed by atoms with E-state index in [1.54, 1.807) is 26.0 Å². The first-order chi connectivity index (χ1) is 15.7. The van der Waals surface area contributed by atoms with E-state index in [0.717, 1.165) is 4.90 Å².